The first-order chi connectivity index (χ1) is 10.8. The molecule has 2 aromatic heterocycles. The summed E-state index contributed by atoms with van der Waals surface area (Å²) in [5.74, 6) is -0.879. The van der Waals surface area contributed by atoms with Crippen molar-refractivity contribution in [3.63, 3.8) is 0 Å². The molecule has 4 rings (SSSR count). The molecule has 4 nitrogen and oxygen atoms in total. The number of rotatable bonds is 3. The van der Waals surface area contributed by atoms with Gasteiger partial charge in [-0.25, -0.2) is 4.79 Å². The molecule has 0 amide bonds. The Balaban J connectivity index is 1.88. The van der Waals surface area contributed by atoms with Crippen LogP contribution in [0.4, 0.5) is 0 Å². The molecule has 1 aromatic carbocycles. The van der Waals surface area contributed by atoms with Gasteiger partial charge >= 0.3 is 5.97 Å². The van der Waals surface area contributed by atoms with Crippen molar-refractivity contribution in [1.29, 1.82) is 0 Å². The minimum atomic E-state index is -0.879. The lowest BCUT2D eigenvalue weighted by Crippen LogP contribution is -2.16. The highest BCUT2D eigenvalue weighted by molar-refractivity contribution is 5.87. The highest BCUT2D eigenvalue weighted by Crippen LogP contribution is 2.32. The molecule has 0 aliphatic heterocycles. The summed E-state index contributed by atoms with van der Waals surface area (Å²) in [6.45, 7) is 0.560. The molecule has 3 aromatic rings. The fourth-order valence-corrected chi connectivity index (χ4v) is 3.63. The van der Waals surface area contributed by atoms with Crippen LogP contribution in [0.1, 0.15) is 34.6 Å². The summed E-state index contributed by atoms with van der Waals surface area (Å²) in [6, 6.07) is 11.9. The Kier molecular flexibility index (Phi) is 3.03. The Bertz CT molecular complexity index is 857. The average molecular weight is 294 g/mol. The number of carbonyl (C=O) groups is 1. The summed E-state index contributed by atoms with van der Waals surface area (Å²) in [6.07, 6.45) is 6.49. The molecule has 0 saturated heterocycles. The monoisotopic (exact) mass is 294 g/mol. The lowest BCUT2D eigenvalue weighted by molar-refractivity contribution is 0.0684. The van der Waals surface area contributed by atoms with Crippen molar-refractivity contribution in [2.24, 2.45) is 0 Å². The maximum absolute atomic E-state index is 11.3. The molecular formula is C18H18N2O2. The lowest BCUT2D eigenvalue weighted by atomic mass is 9.96. The Labute approximate surface area is 128 Å². The van der Waals surface area contributed by atoms with Crippen molar-refractivity contribution < 1.29 is 9.90 Å². The van der Waals surface area contributed by atoms with Crippen molar-refractivity contribution >= 4 is 16.9 Å². The quantitative estimate of drug-likeness (QED) is 0.803. The largest absolute Gasteiger partial charge is 0.477 e. The molecule has 0 radical (unpaired) electrons. The van der Waals surface area contributed by atoms with Crippen LogP contribution in [-0.4, -0.2) is 20.2 Å². The molecule has 1 aliphatic carbocycles. The summed E-state index contributed by atoms with van der Waals surface area (Å²) in [5.41, 5.74) is 4.37. The Morgan fingerprint density at radius 1 is 1.09 bits per heavy atom. The van der Waals surface area contributed by atoms with E-state index in [0.717, 1.165) is 12.8 Å². The van der Waals surface area contributed by atoms with E-state index in [2.05, 4.69) is 28.8 Å². The van der Waals surface area contributed by atoms with Crippen molar-refractivity contribution in [2.75, 3.05) is 0 Å². The molecule has 0 fully saturated rings. The van der Waals surface area contributed by atoms with Crippen LogP contribution in [0.5, 0.6) is 0 Å². The van der Waals surface area contributed by atoms with E-state index in [1.165, 1.54) is 35.0 Å². The second-order valence-electron chi connectivity index (χ2n) is 5.89. The first-order valence-electron chi connectivity index (χ1n) is 7.73. The predicted octanol–water partition coefficient (Wildman–Crippen LogP) is 3.53. The smallest absolute Gasteiger partial charge is 0.352 e. The number of para-hydroxylation sites is 1. The van der Waals surface area contributed by atoms with Crippen LogP contribution in [0.15, 0.2) is 42.6 Å². The van der Waals surface area contributed by atoms with Gasteiger partial charge in [-0.3, -0.25) is 0 Å². The number of fused-ring (bicyclic) bond motifs is 3. The van der Waals surface area contributed by atoms with E-state index in [1.807, 2.05) is 10.8 Å². The summed E-state index contributed by atoms with van der Waals surface area (Å²) >= 11 is 0. The van der Waals surface area contributed by atoms with Gasteiger partial charge in [0.05, 0.1) is 12.2 Å². The van der Waals surface area contributed by atoms with Gasteiger partial charge in [0, 0.05) is 17.3 Å². The SMILES string of the molecule is O=C(O)c1cccn1Cn1c2c(c3ccccc31)CCCC2. The first kappa shape index (κ1) is 13.2. The van der Waals surface area contributed by atoms with Gasteiger partial charge in [-0.2, -0.15) is 0 Å². The van der Waals surface area contributed by atoms with E-state index in [4.69, 9.17) is 0 Å². The first-order valence-corrected chi connectivity index (χ1v) is 7.73. The predicted molar refractivity (Wildman–Crippen MR) is 85.4 cm³/mol. The van der Waals surface area contributed by atoms with Crippen LogP contribution in [0.2, 0.25) is 0 Å². The maximum atomic E-state index is 11.3. The molecule has 1 aliphatic rings. The molecule has 0 spiro atoms. The van der Waals surface area contributed by atoms with Crippen molar-refractivity contribution in [3.8, 4) is 0 Å². The van der Waals surface area contributed by atoms with E-state index in [9.17, 15) is 9.90 Å². The number of benzene rings is 1. The molecule has 112 valence electrons. The molecule has 2 heterocycles. The highest BCUT2D eigenvalue weighted by Gasteiger charge is 2.20. The van der Waals surface area contributed by atoms with E-state index >= 15 is 0 Å². The number of hydrogen-bond acceptors (Lipinski definition) is 1. The van der Waals surface area contributed by atoms with E-state index in [-0.39, 0.29) is 0 Å². The zero-order valence-electron chi connectivity index (χ0n) is 12.3. The van der Waals surface area contributed by atoms with Crippen molar-refractivity contribution in [2.45, 2.75) is 32.4 Å². The molecular weight excluding hydrogens is 276 g/mol. The molecule has 0 bridgehead atoms. The third-order valence-electron chi connectivity index (χ3n) is 4.63. The standard InChI is InChI=1S/C18H18N2O2/c21-18(22)17-10-5-11-19(17)12-20-15-8-3-1-6-13(15)14-7-2-4-9-16(14)20/h1,3,5-6,8,10-11H,2,4,7,9,12H2,(H,21,22). The van der Waals surface area contributed by atoms with Gasteiger partial charge in [0.2, 0.25) is 0 Å². The molecule has 0 atom stereocenters. The molecule has 0 unspecified atom stereocenters. The van der Waals surface area contributed by atoms with Gasteiger partial charge in [0.1, 0.15) is 5.69 Å². The van der Waals surface area contributed by atoms with Gasteiger partial charge in [-0.1, -0.05) is 18.2 Å². The summed E-state index contributed by atoms with van der Waals surface area (Å²) < 4.78 is 4.10. The number of nitrogens with zero attached hydrogens (tertiary/aromatic N) is 2. The number of aryl methyl sites for hydroxylation is 1. The van der Waals surface area contributed by atoms with Crippen LogP contribution in [0.25, 0.3) is 10.9 Å². The van der Waals surface area contributed by atoms with Gasteiger partial charge in [-0.05, 0) is 49.4 Å². The minimum Gasteiger partial charge on any atom is -0.477 e. The average Bonchev–Trinajstić information content (AvgIpc) is 3.12. The number of aromatic nitrogens is 2. The van der Waals surface area contributed by atoms with Gasteiger partial charge in [-0.15, -0.1) is 0 Å². The fraction of sp³-hybridized carbons (Fsp3) is 0.278. The zero-order chi connectivity index (χ0) is 15.1. The van der Waals surface area contributed by atoms with Crippen LogP contribution in [0, 0.1) is 0 Å². The molecule has 4 heteroatoms. The fourth-order valence-electron chi connectivity index (χ4n) is 3.63. The van der Waals surface area contributed by atoms with Gasteiger partial charge in [0.25, 0.3) is 0 Å². The van der Waals surface area contributed by atoms with Gasteiger partial charge < -0.3 is 14.2 Å². The second kappa shape index (κ2) is 5.05. The van der Waals surface area contributed by atoms with Crippen LogP contribution < -0.4 is 0 Å². The van der Waals surface area contributed by atoms with Crippen LogP contribution in [0.3, 0.4) is 0 Å². The number of aromatic carboxylic acids is 1. The summed E-state index contributed by atoms with van der Waals surface area (Å²) in [5, 5.41) is 10.6. The molecule has 22 heavy (non-hydrogen) atoms. The minimum absolute atomic E-state index is 0.336. The normalized spacial score (nSPS) is 14.2. The molecule has 1 N–H and O–H groups in total. The number of carboxylic acids is 1. The maximum Gasteiger partial charge on any atom is 0.352 e. The number of hydrogen-bond donors (Lipinski definition) is 1. The van der Waals surface area contributed by atoms with Crippen LogP contribution >= 0.6 is 0 Å². The zero-order valence-corrected chi connectivity index (χ0v) is 12.3. The summed E-state index contributed by atoms with van der Waals surface area (Å²) in [4.78, 5) is 11.3. The van der Waals surface area contributed by atoms with Crippen molar-refractivity contribution in [3.05, 3.63) is 59.5 Å². The van der Waals surface area contributed by atoms with Crippen LogP contribution in [-0.2, 0) is 19.5 Å². The Morgan fingerprint density at radius 2 is 1.91 bits per heavy atom. The van der Waals surface area contributed by atoms with E-state index in [1.54, 1.807) is 12.1 Å². The lowest BCUT2D eigenvalue weighted by Gasteiger charge is -2.17. The third kappa shape index (κ3) is 1.95. The van der Waals surface area contributed by atoms with E-state index < -0.39 is 5.97 Å². The molecule has 0 saturated carbocycles. The topological polar surface area (TPSA) is 47.2 Å². The van der Waals surface area contributed by atoms with Gasteiger partial charge in [0.15, 0.2) is 0 Å². The van der Waals surface area contributed by atoms with Crippen molar-refractivity contribution in [1.82, 2.24) is 9.13 Å². The second-order valence-corrected chi connectivity index (χ2v) is 5.89. The Morgan fingerprint density at radius 3 is 2.77 bits per heavy atom. The Hall–Kier alpha value is -2.49. The number of carboxylic acid groups (broad SMARTS) is 1. The summed E-state index contributed by atoms with van der Waals surface area (Å²) in [7, 11) is 0. The highest BCUT2D eigenvalue weighted by atomic mass is 16.4. The third-order valence-corrected chi connectivity index (χ3v) is 4.63. The van der Waals surface area contributed by atoms with E-state index in [0.29, 0.717) is 12.4 Å².